The zero-order valence-electron chi connectivity index (χ0n) is 15.0. The van der Waals surface area contributed by atoms with E-state index in [0.29, 0.717) is 29.2 Å². The van der Waals surface area contributed by atoms with Crippen molar-refractivity contribution < 1.29 is 18.3 Å². The van der Waals surface area contributed by atoms with Crippen LogP contribution in [0.15, 0.2) is 29.3 Å². The van der Waals surface area contributed by atoms with E-state index in [1.165, 1.54) is 13.2 Å². The first kappa shape index (κ1) is 21.1. The summed E-state index contributed by atoms with van der Waals surface area (Å²) in [7, 11) is 4.82. The third-order valence-electron chi connectivity index (χ3n) is 3.78. The molecule has 2 aromatic rings. The number of nitrogens with zero attached hydrogens (tertiary/aromatic N) is 2. The van der Waals surface area contributed by atoms with E-state index in [1.807, 2.05) is 7.05 Å². The number of nitrogens with one attached hydrogen (secondary N) is 2. The van der Waals surface area contributed by atoms with Gasteiger partial charge in [-0.1, -0.05) is 29.3 Å². The SMILES string of the molecule is CN=C(NCc1ccc(OC)c(OC(F)F)c1)NCc1cc(Cl)c(Cl)n1C. The molecule has 148 valence electrons. The van der Waals surface area contributed by atoms with E-state index in [4.69, 9.17) is 27.9 Å². The number of hydrogen-bond acceptors (Lipinski definition) is 3. The fourth-order valence-corrected chi connectivity index (χ4v) is 2.77. The van der Waals surface area contributed by atoms with Crippen LogP contribution in [0.25, 0.3) is 0 Å². The Morgan fingerprint density at radius 2 is 1.89 bits per heavy atom. The van der Waals surface area contributed by atoms with E-state index in [1.54, 1.807) is 29.8 Å². The van der Waals surface area contributed by atoms with Gasteiger partial charge in [0, 0.05) is 26.3 Å². The number of aromatic nitrogens is 1. The summed E-state index contributed by atoms with van der Waals surface area (Å²) in [6.07, 6.45) is 0. The number of ether oxygens (including phenoxy) is 2. The van der Waals surface area contributed by atoms with Gasteiger partial charge in [0.1, 0.15) is 5.15 Å². The molecule has 10 heteroatoms. The zero-order chi connectivity index (χ0) is 20.0. The van der Waals surface area contributed by atoms with Gasteiger partial charge in [-0.3, -0.25) is 4.99 Å². The van der Waals surface area contributed by atoms with E-state index in [0.717, 1.165) is 11.3 Å². The number of aliphatic imine (C=N–C) groups is 1. The fourth-order valence-electron chi connectivity index (χ4n) is 2.36. The Kier molecular flexibility index (Phi) is 7.55. The van der Waals surface area contributed by atoms with Gasteiger partial charge in [0.2, 0.25) is 0 Å². The minimum Gasteiger partial charge on any atom is -0.493 e. The number of guanidine groups is 1. The Bertz CT molecular complexity index is 812. The lowest BCUT2D eigenvalue weighted by Gasteiger charge is -2.14. The molecule has 6 nitrogen and oxygen atoms in total. The number of hydrogen-bond donors (Lipinski definition) is 2. The monoisotopic (exact) mass is 420 g/mol. The molecule has 27 heavy (non-hydrogen) atoms. The molecule has 0 saturated heterocycles. The smallest absolute Gasteiger partial charge is 0.387 e. The van der Waals surface area contributed by atoms with Crippen LogP contribution >= 0.6 is 23.2 Å². The van der Waals surface area contributed by atoms with E-state index in [2.05, 4.69) is 20.4 Å². The van der Waals surface area contributed by atoms with Gasteiger partial charge in [0.05, 0.1) is 18.7 Å². The molecule has 1 heterocycles. The second-order valence-corrected chi connectivity index (χ2v) is 6.24. The van der Waals surface area contributed by atoms with Crippen molar-refractivity contribution in [3.05, 3.63) is 45.7 Å². The van der Waals surface area contributed by atoms with Crippen molar-refractivity contribution in [3.63, 3.8) is 0 Å². The summed E-state index contributed by atoms with van der Waals surface area (Å²) in [5.41, 5.74) is 1.60. The van der Waals surface area contributed by atoms with Crippen molar-refractivity contribution in [3.8, 4) is 11.5 Å². The lowest BCUT2D eigenvalue weighted by atomic mass is 10.2. The number of rotatable bonds is 7. The van der Waals surface area contributed by atoms with Gasteiger partial charge in [-0.05, 0) is 23.8 Å². The molecule has 1 aromatic carbocycles. The van der Waals surface area contributed by atoms with Crippen LogP contribution in [0.1, 0.15) is 11.3 Å². The lowest BCUT2D eigenvalue weighted by Crippen LogP contribution is -2.36. The van der Waals surface area contributed by atoms with E-state index >= 15 is 0 Å². The Balaban J connectivity index is 1.98. The average molecular weight is 421 g/mol. The van der Waals surface area contributed by atoms with Crippen LogP contribution < -0.4 is 20.1 Å². The lowest BCUT2D eigenvalue weighted by molar-refractivity contribution is -0.0512. The van der Waals surface area contributed by atoms with Crippen LogP contribution in [0.3, 0.4) is 0 Å². The van der Waals surface area contributed by atoms with Crippen LogP contribution in [0, 0.1) is 0 Å². The average Bonchev–Trinajstić information content (AvgIpc) is 2.88. The summed E-state index contributed by atoms with van der Waals surface area (Å²) in [5.74, 6) is 0.734. The van der Waals surface area contributed by atoms with Gasteiger partial charge in [0.25, 0.3) is 0 Å². The maximum atomic E-state index is 12.5. The Hall–Kier alpha value is -2.19. The highest BCUT2D eigenvalue weighted by atomic mass is 35.5. The summed E-state index contributed by atoms with van der Waals surface area (Å²) in [4.78, 5) is 4.12. The summed E-state index contributed by atoms with van der Waals surface area (Å²) < 4.78 is 36.3. The van der Waals surface area contributed by atoms with Gasteiger partial charge < -0.3 is 24.7 Å². The minimum atomic E-state index is -2.93. The molecular formula is C17H20Cl2F2N4O2. The summed E-state index contributed by atoms with van der Waals surface area (Å²) in [6.45, 7) is -2.14. The van der Waals surface area contributed by atoms with Crippen molar-refractivity contribution in [1.82, 2.24) is 15.2 Å². The zero-order valence-corrected chi connectivity index (χ0v) is 16.5. The predicted octanol–water partition coefficient (Wildman–Crippen LogP) is 3.81. The fraction of sp³-hybridized carbons (Fsp3) is 0.353. The molecule has 0 aliphatic rings. The molecule has 2 rings (SSSR count). The molecule has 0 spiro atoms. The summed E-state index contributed by atoms with van der Waals surface area (Å²) >= 11 is 12.0. The van der Waals surface area contributed by atoms with Crippen LogP contribution in [0.2, 0.25) is 10.2 Å². The Morgan fingerprint density at radius 1 is 1.19 bits per heavy atom. The highest BCUT2D eigenvalue weighted by Crippen LogP contribution is 2.29. The number of halogens is 4. The molecule has 0 amide bonds. The molecule has 0 bridgehead atoms. The molecular weight excluding hydrogens is 401 g/mol. The minimum absolute atomic E-state index is 0.0251. The Morgan fingerprint density at radius 3 is 2.44 bits per heavy atom. The first-order chi connectivity index (χ1) is 12.8. The van der Waals surface area contributed by atoms with Crippen LogP contribution in [-0.2, 0) is 20.1 Å². The van der Waals surface area contributed by atoms with E-state index < -0.39 is 6.61 Å². The first-order valence-electron chi connectivity index (χ1n) is 7.91. The van der Waals surface area contributed by atoms with E-state index in [-0.39, 0.29) is 11.5 Å². The van der Waals surface area contributed by atoms with Gasteiger partial charge >= 0.3 is 6.61 Å². The third-order valence-corrected chi connectivity index (χ3v) is 4.62. The molecule has 0 saturated carbocycles. The van der Waals surface area contributed by atoms with Crippen molar-refractivity contribution in [2.45, 2.75) is 19.7 Å². The van der Waals surface area contributed by atoms with Crippen LogP contribution in [0.4, 0.5) is 8.78 Å². The number of methoxy groups -OCH3 is 1. The summed E-state index contributed by atoms with van der Waals surface area (Å²) in [5, 5.41) is 7.16. The third kappa shape index (κ3) is 5.64. The second kappa shape index (κ2) is 9.66. The summed E-state index contributed by atoms with van der Waals surface area (Å²) in [6, 6.07) is 6.57. The van der Waals surface area contributed by atoms with Gasteiger partial charge in [-0.25, -0.2) is 0 Å². The largest absolute Gasteiger partial charge is 0.493 e. The van der Waals surface area contributed by atoms with Gasteiger partial charge in [0.15, 0.2) is 17.5 Å². The molecule has 0 aliphatic carbocycles. The highest BCUT2D eigenvalue weighted by Gasteiger charge is 2.12. The normalized spacial score (nSPS) is 11.6. The van der Waals surface area contributed by atoms with Crippen molar-refractivity contribution in [1.29, 1.82) is 0 Å². The number of benzene rings is 1. The quantitative estimate of drug-likeness (QED) is 0.528. The first-order valence-corrected chi connectivity index (χ1v) is 8.67. The predicted molar refractivity (Wildman–Crippen MR) is 102 cm³/mol. The van der Waals surface area contributed by atoms with Crippen LogP contribution in [-0.4, -0.2) is 31.3 Å². The van der Waals surface area contributed by atoms with Crippen molar-refractivity contribution in [2.24, 2.45) is 12.0 Å². The standard InChI is InChI=1S/C17H20Cl2F2N4O2/c1-22-17(24-9-11-7-12(18)15(19)25(11)2)23-8-10-4-5-13(26-3)14(6-10)27-16(20)21/h4-7,16H,8-9H2,1-3H3,(H2,22,23,24). The molecule has 0 fully saturated rings. The van der Waals surface area contributed by atoms with Crippen LogP contribution in [0.5, 0.6) is 11.5 Å². The maximum absolute atomic E-state index is 12.5. The second-order valence-electron chi connectivity index (χ2n) is 5.48. The van der Waals surface area contributed by atoms with Crippen molar-refractivity contribution in [2.75, 3.05) is 14.2 Å². The molecule has 2 N–H and O–H groups in total. The molecule has 0 atom stereocenters. The maximum Gasteiger partial charge on any atom is 0.387 e. The van der Waals surface area contributed by atoms with Gasteiger partial charge in [-0.2, -0.15) is 8.78 Å². The van der Waals surface area contributed by atoms with E-state index in [9.17, 15) is 8.78 Å². The Labute approximate surface area is 166 Å². The van der Waals surface area contributed by atoms with Gasteiger partial charge in [-0.15, -0.1) is 0 Å². The molecule has 0 unspecified atom stereocenters. The molecule has 0 aliphatic heterocycles. The van der Waals surface area contributed by atoms with Crippen molar-refractivity contribution >= 4 is 29.2 Å². The highest BCUT2D eigenvalue weighted by molar-refractivity contribution is 6.41. The molecule has 0 radical (unpaired) electrons. The molecule has 1 aromatic heterocycles. The number of alkyl halides is 2. The topological polar surface area (TPSA) is 59.8 Å².